The van der Waals surface area contributed by atoms with Crippen LogP contribution in [0.15, 0.2) is 35.5 Å². The number of hydrogen-bond acceptors (Lipinski definition) is 5. The molecule has 0 bridgehead atoms. The van der Waals surface area contributed by atoms with Gasteiger partial charge < -0.3 is 15.4 Å². The molecule has 1 atom stereocenters. The van der Waals surface area contributed by atoms with Gasteiger partial charge in [-0.2, -0.15) is 0 Å². The molecular formula is C15H22N4OS. The van der Waals surface area contributed by atoms with E-state index in [4.69, 9.17) is 5.73 Å². The molecule has 0 fully saturated rings. The lowest BCUT2D eigenvalue weighted by Crippen LogP contribution is -2.24. The van der Waals surface area contributed by atoms with E-state index in [1.54, 1.807) is 0 Å². The minimum atomic E-state index is -0.914. The number of aromatic nitrogens is 3. The Bertz CT molecular complexity index is 581. The van der Waals surface area contributed by atoms with Crippen LogP contribution in [0.3, 0.4) is 0 Å². The largest absolute Gasteiger partial charge is 0.385 e. The zero-order valence-electron chi connectivity index (χ0n) is 12.7. The maximum atomic E-state index is 10.6. The molecule has 21 heavy (non-hydrogen) atoms. The van der Waals surface area contributed by atoms with Crippen LogP contribution in [0.4, 0.5) is 0 Å². The van der Waals surface area contributed by atoms with E-state index < -0.39 is 5.60 Å². The highest BCUT2D eigenvalue weighted by Crippen LogP contribution is 2.30. The number of thioether (sulfide) groups is 1. The zero-order valence-corrected chi connectivity index (χ0v) is 13.5. The molecule has 5 nitrogen and oxygen atoms in total. The summed E-state index contributed by atoms with van der Waals surface area (Å²) in [7, 11) is 0. The van der Waals surface area contributed by atoms with Crippen LogP contribution in [0.2, 0.25) is 0 Å². The van der Waals surface area contributed by atoms with Gasteiger partial charge in [0.2, 0.25) is 0 Å². The first-order chi connectivity index (χ1) is 9.95. The summed E-state index contributed by atoms with van der Waals surface area (Å²) in [5, 5.41) is 19.7. The third kappa shape index (κ3) is 3.64. The third-order valence-electron chi connectivity index (χ3n) is 3.31. The topological polar surface area (TPSA) is 77.0 Å². The fourth-order valence-corrected chi connectivity index (χ4v) is 3.28. The number of nitrogens with zero attached hydrogens (tertiary/aromatic N) is 3. The monoisotopic (exact) mass is 306 g/mol. The van der Waals surface area contributed by atoms with Crippen LogP contribution in [0.5, 0.6) is 0 Å². The summed E-state index contributed by atoms with van der Waals surface area (Å²) in [6.07, 6.45) is 0. The van der Waals surface area contributed by atoms with Crippen molar-refractivity contribution in [2.24, 2.45) is 5.73 Å². The molecule has 0 aliphatic carbocycles. The van der Waals surface area contributed by atoms with Gasteiger partial charge in [0.15, 0.2) is 5.16 Å². The SMILES string of the molecule is CC(C)n1c(CN)nnc1SCC(C)(O)c1ccccc1. The first-order valence-electron chi connectivity index (χ1n) is 7.00. The van der Waals surface area contributed by atoms with Crippen molar-refractivity contribution in [3.8, 4) is 0 Å². The lowest BCUT2D eigenvalue weighted by molar-refractivity contribution is 0.0838. The molecule has 2 rings (SSSR count). The first kappa shape index (κ1) is 16.0. The smallest absolute Gasteiger partial charge is 0.191 e. The molecule has 0 aliphatic rings. The van der Waals surface area contributed by atoms with Crippen LogP contribution in [0, 0.1) is 0 Å². The Labute approximate surface area is 129 Å². The molecule has 0 spiro atoms. The molecule has 0 saturated carbocycles. The molecule has 1 aromatic carbocycles. The molecule has 0 radical (unpaired) electrons. The van der Waals surface area contributed by atoms with E-state index in [0.29, 0.717) is 12.3 Å². The summed E-state index contributed by atoms with van der Waals surface area (Å²) >= 11 is 1.50. The van der Waals surface area contributed by atoms with Crippen molar-refractivity contribution in [3.63, 3.8) is 0 Å². The van der Waals surface area contributed by atoms with Crippen molar-refractivity contribution in [1.82, 2.24) is 14.8 Å². The van der Waals surface area contributed by atoms with Crippen LogP contribution >= 0.6 is 11.8 Å². The van der Waals surface area contributed by atoms with Crippen LogP contribution in [-0.4, -0.2) is 25.6 Å². The summed E-state index contributed by atoms with van der Waals surface area (Å²) in [5.41, 5.74) is 5.67. The lowest BCUT2D eigenvalue weighted by atomic mass is 9.99. The Kier molecular flexibility index (Phi) is 5.03. The minimum Gasteiger partial charge on any atom is -0.385 e. The van der Waals surface area contributed by atoms with Crippen molar-refractivity contribution in [3.05, 3.63) is 41.7 Å². The molecule has 3 N–H and O–H groups in total. The van der Waals surface area contributed by atoms with Crippen molar-refractivity contribution in [2.75, 3.05) is 5.75 Å². The Morgan fingerprint density at radius 2 is 1.95 bits per heavy atom. The second-order valence-corrected chi connectivity index (χ2v) is 6.44. The van der Waals surface area contributed by atoms with E-state index in [2.05, 4.69) is 24.0 Å². The average molecular weight is 306 g/mol. The van der Waals surface area contributed by atoms with E-state index in [0.717, 1.165) is 16.5 Å². The molecule has 0 saturated heterocycles. The Morgan fingerprint density at radius 1 is 1.29 bits per heavy atom. The molecule has 1 heterocycles. The molecule has 1 unspecified atom stereocenters. The number of rotatable bonds is 6. The van der Waals surface area contributed by atoms with Gasteiger partial charge in [0.25, 0.3) is 0 Å². The highest BCUT2D eigenvalue weighted by atomic mass is 32.2. The molecule has 6 heteroatoms. The summed E-state index contributed by atoms with van der Waals surface area (Å²) in [6.45, 7) is 6.32. The van der Waals surface area contributed by atoms with Gasteiger partial charge in [-0.15, -0.1) is 10.2 Å². The van der Waals surface area contributed by atoms with Gasteiger partial charge in [-0.3, -0.25) is 0 Å². The number of nitrogens with two attached hydrogens (primary N) is 1. The van der Waals surface area contributed by atoms with Crippen molar-refractivity contribution < 1.29 is 5.11 Å². The Morgan fingerprint density at radius 3 is 2.52 bits per heavy atom. The van der Waals surface area contributed by atoms with E-state index in [-0.39, 0.29) is 6.04 Å². The van der Waals surface area contributed by atoms with Gasteiger partial charge in [-0.25, -0.2) is 0 Å². The van der Waals surface area contributed by atoms with Gasteiger partial charge in [-0.1, -0.05) is 42.1 Å². The molecular weight excluding hydrogens is 284 g/mol. The number of hydrogen-bond donors (Lipinski definition) is 2. The van der Waals surface area contributed by atoms with E-state index in [1.165, 1.54) is 11.8 Å². The lowest BCUT2D eigenvalue weighted by Gasteiger charge is -2.23. The summed E-state index contributed by atoms with van der Waals surface area (Å²) in [4.78, 5) is 0. The molecule has 2 aromatic rings. The van der Waals surface area contributed by atoms with E-state index in [1.807, 2.05) is 41.8 Å². The minimum absolute atomic E-state index is 0.239. The van der Waals surface area contributed by atoms with E-state index >= 15 is 0 Å². The highest BCUT2D eigenvalue weighted by molar-refractivity contribution is 7.99. The fourth-order valence-electron chi connectivity index (χ4n) is 2.15. The predicted molar refractivity (Wildman–Crippen MR) is 85.0 cm³/mol. The van der Waals surface area contributed by atoms with E-state index in [9.17, 15) is 5.11 Å². The molecule has 0 aliphatic heterocycles. The maximum absolute atomic E-state index is 10.6. The fraction of sp³-hybridized carbons (Fsp3) is 0.467. The van der Waals surface area contributed by atoms with Gasteiger partial charge >= 0.3 is 0 Å². The Hall–Kier alpha value is -1.37. The van der Waals surface area contributed by atoms with Gasteiger partial charge in [0.05, 0.1) is 12.1 Å². The zero-order chi connectivity index (χ0) is 15.5. The van der Waals surface area contributed by atoms with Crippen LogP contribution < -0.4 is 5.73 Å². The quantitative estimate of drug-likeness (QED) is 0.801. The highest BCUT2D eigenvalue weighted by Gasteiger charge is 2.25. The summed E-state index contributed by atoms with van der Waals surface area (Å²) in [6, 6.07) is 9.89. The second kappa shape index (κ2) is 6.60. The van der Waals surface area contributed by atoms with Crippen molar-refractivity contribution in [1.29, 1.82) is 0 Å². The number of benzene rings is 1. The second-order valence-electron chi connectivity index (χ2n) is 5.50. The van der Waals surface area contributed by atoms with Crippen LogP contribution in [0.25, 0.3) is 0 Å². The maximum Gasteiger partial charge on any atom is 0.191 e. The number of aliphatic hydroxyl groups is 1. The normalized spacial score (nSPS) is 14.4. The summed E-state index contributed by atoms with van der Waals surface area (Å²) in [5.74, 6) is 1.28. The molecule has 114 valence electrons. The summed E-state index contributed by atoms with van der Waals surface area (Å²) < 4.78 is 2.02. The standard InChI is InChI=1S/C15H22N4OS/c1-11(2)19-13(9-16)17-18-14(19)21-10-15(3,20)12-7-5-4-6-8-12/h4-8,11,20H,9-10,16H2,1-3H3. The van der Waals surface area contributed by atoms with Gasteiger partial charge in [0.1, 0.15) is 5.82 Å². The predicted octanol–water partition coefficient (Wildman–Crippen LogP) is 2.32. The van der Waals surface area contributed by atoms with Crippen LogP contribution in [-0.2, 0) is 12.1 Å². The van der Waals surface area contributed by atoms with Gasteiger partial charge in [0, 0.05) is 11.8 Å². The van der Waals surface area contributed by atoms with Crippen molar-refractivity contribution >= 4 is 11.8 Å². The molecule has 0 amide bonds. The van der Waals surface area contributed by atoms with Gasteiger partial charge in [-0.05, 0) is 26.3 Å². The Balaban J connectivity index is 2.15. The van der Waals surface area contributed by atoms with Crippen molar-refractivity contribution in [2.45, 2.75) is 44.1 Å². The van der Waals surface area contributed by atoms with Crippen LogP contribution in [0.1, 0.15) is 38.2 Å². The first-order valence-corrected chi connectivity index (χ1v) is 7.99. The third-order valence-corrected chi connectivity index (χ3v) is 4.56. The molecule has 1 aromatic heterocycles. The average Bonchev–Trinajstić information content (AvgIpc) is 2.89.